The maximum absolute atomic E-state index is 11.6. The lowest BCUT2D eigenvalue weighted by Gasteiger charge is -1.99. The van der Waals surface area contributed by atoms with E-state index in [1.807, 2.05) is 12.1 Å². The molecule has 3 nitrogen and oxygen atoms in total. The number of carbonyl (C=O) groups excluding carboxylic acids is 1. The number of rotatable bonds is 5. The van der Waals surface area contributed by atoms with Crippen molar-refractivity contribution >= 4 is 33.0 Å². The van der Waals surface area contributed by atoms with Crippen molar-refractivity contribution in [2.45, 2.75) is 6.61 Å². The van der Waals surface area contributed by atoms with Crippen molar-refractivity contribution in [1.29, 1.82) is 0 Å². The Morgan fingerprint density at radius 2 is 2.31 bits per heavy atom. The number of thiophene rings is 1. The van der Waals surface area contributed by atoms with Gasteiger partial charge >= 0.3 is 0 Å². The number of hydrogen-bond donors (Lipinski definition) is 0. The Morgan fingerprint density at radius 1 is 1.44 bits per heavy atom. The average molecular weight is 301 g/mol. The van der Waals surface area contributed by atoms with Crippen molar-refractivity contribution < 1.29 is 13.9 Å². The lowest BCUT2D eigenvalue weighted by Crippen LogP contribution is -2.07. The van der Waals surface area contributed by atoms with Crippen LogP contribution in [0.25, 0.3) is 0 Å². The van der Waals surface area contributed by atoms with Gasteiger partial charge in [0.2, 0.25) is 0 Å². The van der Waals surface area contributed by atoms with Crippen LogP contribution in [0.3, 0.4) is 0 Å². The maximum Gasteiger partial charge on any atom is 0.198 e. The third kappa shape index (κ3) is 3.04. The number of hydrogen-bond acceptors (Lipinski definition) is 4. The summed E-state index contributed by atoms with van der Waals surface area (Å²) in [5, 5.41) is 0. The summed E-state index contributed by atoms with van der Waals surface area (Å²) in [6.45, 7) is 0.402. The summed E-state index contributed by atoms with van der Waals surface area (Å²) < 4.78 is 11.3. The lowest BCUT2D eigenvalue weighted by molar-refractivity contribution is 0.0695. The van der Waals surface area contributed by atoms with Crippen molar-refractivity contribution in [2.75, 3.05) is 6.61 Å². The largest absolute Gasteiger partial charge is 0.467 e. The van der Waals surface area contributed by atoms with Gasteiger partial charge in [0.1, 0.15) is 19.0 Å². The Morgan fingerprint density at radius 3 is 2.94 bits per heavy atom. The molecule has 0 spiro atoms. The van der Waals surface area contributed by atoms with Crippen LogP contribution in [0.5, 0.6) is 0 Å². The van der Waals surface area contributed by atoms with E-state index in [9.17, 15) is 4.79 Å². The SMILES string of the molecule is O=C(COCc1ccco1)c1ccc(Br)s1. The topological polar surface area (TPSA) is 39.4 Å². The van der Waals surface area contributed by atoms with E-state index in [0.29, 0.717) is 11.5 Å². The highest BCUT2D eigenvalue weighted by Gasteiger charge is 2.08. The van der Waals surface area contributed by atoms with Crippen LogP contribution in [0.15, 0.2) is 38.7 Å². The summed E-state index contributed by atoms with van der Waals surface area (Å²) in [5.41, 5.74) is 0. The normalized spacial score (nSPS) is 10.6. The maximum atomic E-state index is 11.6. The fraction of sp³-hybridized carbons (Fsp3) is 0.182. The van der Waals surface area contributed by atoms with Gasteiger partial charge in [0.15, 0.2) is 5.78 Å². The first kappa shape index (κ1) is 11.6. The molecule has 0 fully saturated rings. The van der Waals surface area contributed by atoms with Crippen LogP contribution in [0.4, 0.5) is 0 Å². The molecule has 0 N–H and O–H groups in total. The summed E-state index contributed by atoms with van der Waals surface area (Å²) in [5.74, 6) is 0.711. The van der Waals surface area contributed by atoms with Gasteiger partial charge in [0, 0.05) is 0 Å². The Bertz CT molecular complexity index is 461. The Kier molecular flexibility index (Phi) is 3.93. The highest BCUT2D eigenvalue weighted by molar-refractivity contribution is 9.11. The Hall–Kier alpha value is -0.910. The molecule has 84 valence electrons. The molecule has 0 radical (unpaired) electrons. The van der Waals surface area contributed by atoms with E-state index < -0.39 is 0 Å². The molecule has 2 aromatic heterocycles. The summed E-state index contributed by atoms with van der Waals surface area (Å²) in [6, 6.07) is 7.24. The minimum atomic E-state index is -0.0118. The average Bonchev–Trinajstić information content (AvgIpc) is 2.89. The molecule has 2 rings (SSSR count). The van der Waals surface area contributed by atoms with Crippen LogP contribution in [-0.4, -0.2) is 12.4 Å². The van der Waals surface area contributed by atoms with Gasteiger partial charge in [-0.1, -0.05) is 0 Å². The van der Waals surface area contributed by atoms with Crippen molar-refractivity contribution in [3.8, 4) is 0 Å². The van der Waals surface area contributed by atoms with Crippen molar-refractivity contribution in [2.24, 2.45) is 0 Å². The zero-order valence-corrected chi connectivity index (χ0v) is 10.7. The van der Waals surface area contributed by atoms with Gasteiger partial charge < -0.3 is 9.15 Å². The van der Waals surface area contributed by atoms with E-state index in [4.69, 9.17) is 9.15 Å². The second kappa shape index (κ2) is 5.43. The second-order valence-corrected chi connectivity index (χ2v) is 5.56. The number of halogens is 1. The predicted octanol–water partition coefficient (Wildman–Crippen LogP) is 3.50. The van der Waals surface area contributed by atoms with Crippen LogP contribution in [0, 0.1) is 0 Å². The van der Waals surface area contributed by atoms with E-state index in [-0.39, 0.29) is 12.4 Å². The van der Waals surface area contributed by atoms with Gasteiger partial charge in [-0.2, -0.15) is 0 Å². The number of Topliss-reactive ketones (excluding diaryl/α,β-unsaturated/α-hetero) is 1. The van der Waals surface area contributed by atoms with E-state index in [1.165, 1.54) is 11.3 Å². The first-order valence-electron chi connectivity index (χ1n) is 4.64. The molecule has 0 atom stereocenters. The van der Waals surface area contributed by atoms with E-state index in [2.05, 4.69) is 15.9 Å². The smallest absolute Gasteiger partial charge is 0.198 e. The predicted molar refractivity (Wildman–Crippen MR) is 64.7 cm³/mol. The molecule has 0 amide bonds. The molecule has 0 aliphatic carbocycles. The summed E-state index contributed by atoms with van der Waals surface area (Å²) in [4.78, 5) is 12.3. The quantitative estimate of drug-likeness (QED) is 0.793. The molecule has 0 saturated carbocycles. The first-order chi connectivity index (χ1) is 7.75. The van der Waals surface area contributed by atoms with Crippen LogP contribution >= 0.6 is 27.3 Å². The van der Waals surface area contributed by atoms with E-state index in [1.54, 1.807) is 18.4 Å². The minimum absolute atomic E-state index is 0.0118. The van der Waals surface area contributed by atoms with Crippen LogP contribution in [0.1, 0.15) is 15.4 Å². The summed E-state index contributed by atoms with van der Waals surface area (Å²) >= 11 is 4.72. The summed E-state index contributed by atoms with van der Waals surface area (Å²) in [7, 11) is 0. The molecule has 0 saturated heterocycles. The zero-order chi connectivity index (χ0) is 11.4. The van der Waals surface area contributed by atoms with Gasteiger partial charge in [0.05, 0.1) is 14.9 Å². The monoisotopic (exact) mass is 300 g/mol. The third-order valence-electron chi connectivity index (χ3n) is 1.91. The molecule has 2 aromatic rings. The standard InChI is InChI=1S/C11H9BrO3S/c12-11-4-3-10(16-11)9(13)7-14-6-8-2-1-5-15-8/h1-5H,6-7H2. The van der Waals surface area contributed by atoms with Crippen molar-refractivity contribution in [1.82, 2.24) is 0 Å². The van der Waals surface area contributed by atoms with Gasteiger partial charge in [-0.3, -0.25) is 4.79 Å². The Balaban J connectivity index is 1.80. The zero-order valence-electron chi connectivity index (χ0n) is 8.31. The molecular formula is C11H9BrO3S. The highest BCUT2D eigenvalue weighted by Crippen LogP contribution is 2.22. The van der Waals surface area contributed by atoms with Crippen LogP contribution < -0.4 is 0 Å². The molecule has 0 bridgehead atoms. The molecule has 0 aromatic carbocycles. The number of furan rings is 1. The van der Waals surface area contributed by atoms with Gasteiger partial charge in [-0.15, -0.1) is 11.3 Å². The number of ketones is 1. The Labute approximate surface area is 105 Å². The molecule has 16 heavy (non-hydrogen) atoms. The van der Waals surface area contributed by atoms with Gasteiger partial charge in [0.25, 0.3) is 0 Å². The molecule has 0 unspecified atom stereocenters. The molecule has 0 aliphatic heterocycles. The number of ether oxygens (including phenoxy) is 1. The fourth-order valence-electron chi connectivity index (χ4n) is 1.17. The summed E-state index contributed by atoms with van der Waals surface area (Å²) in [6.07, 6.45) is 1.58. The van der Waals surface area contributed by atoms with Gasteiger partial charge in [-0.05, 0) is 40.2 Å². The second-order valence-electron chi connectivity index (χ2n) is 3.10. The number of carbonyl (C=O) groups is 1. The molecule has 0 aliphatic rings. The van der Waals surface area contributed by atoms with E-state index >= 15 is 0 Å². The third-order valence-corrected chi connectivity index (χ3v) is 3.57. The van der Waals surface area contributed by atoms with Crippen LogP contribution in [-0.2, 0) is 11.3 Å². The van der Waals surface area contributed by atoms with Gasteiger partial charge in [-0.25, -0.2) is 0 Å². The minimum Gasteiger partial charge on any atom is -0.467 e. The fourth-order valence-corrected chi connectivity index (χ4v) is 2.48. The van der Waals surface area contributed by atoms with Crippen molar-refractivity contribution in [3.05, 3.63) is 45.0 Å². The van der Waals surface area contributed by atoms with Crippen molar-refractivity contribution in [3.63, 3.8) is 0 Å². The molecule has 5 heteroatoms. The molecule has 2 heterocycles. The molecular weight excluding hydrogens is 292 g/mol. The first-order valence-corrected chi connectivity index (χ1v) is 6.25. The lowest BCUT2D eigenvalue weighted by atomic mass is 10.3. The highest BCUT2D eigenvalue weighted by atomic mass is 79.9. The van der Waals surface area contributed by atoms with Crippen LogP contribution in [0.2, 0.25) is 0 Å². The van der Waals surface area contributed by atoms with E-state index in [0.717, 1.165) is 9.55 Å².